The molecule has 0 spiro atoms. The quantitative estimate of drug-likeness (QED) is 0.599. The molecule has 0 N–H and O–H groups in total. The lowest BCUT2D eigenvalue weighted by Crippen LogP contribution is -2.14. The van der Waals surface area contributed by atoms with Crippen molar-refractivity contribution >= 4 is 26.8 Å². The number of allylic oxidation sites excluding steroid dienone is 1. The Morgan fingerprint density at radius 3 is 2.80 bits per heavy atom. The first-order valence-corrected chi connectivity index (χ1v) is 9.70. The van der Waals surface area contributed by atoms with Gasteiger partial charge in [-0.3, -0.25) is 4.79 Å². The van der Waals surface area contributed by atoms with Gasteiger partial charge >= 0.3 is 11.6 Å². The van der Waals surface area contributed by atoms with Gasteiger partial charge in [0.15, 0.2) is 9.84 Å². The number of aryl methyl sites for hydroxylation is 1. The minimum atomic E-state index is -3.19. The van der Waals surface area contributed by atoms with E-state index in [1.807, 2.05) is 19.1 Å². The van der Waals surface area contributed by atoms with Crippen LogP contribution in [0.25, 0.3) is 11.0 Å². The number of ether oxygens (including phenoxy) is 1. The summed E-state index contributed by atoms with van der Waals surface area (Å²) < 4.78 is 33.1. The Labute approximate surface area is 145 Å². The predicted octanol–water partition coefficient (Wildman–Crippen LogP) is 2.35. The number of sulfone groups is 1. The van der Waals surface area contributed by atoms with E-state index >= 15 is 0 Å². The topological polar surface area (TPSA) is 90.7 Å². The molecule has 0 radical (unpaired) electrons. The Kier molecular flexibility index (Phi) is 4.76. The summed E-state index contributed by atoms with van der Waals surface area (Å²) in [6.07, 6.45) is 2.32. The maximum atomic E-state index is 12.0. The van der Waals surface area contributed by atoms with Gasteiger partial charge < -0.3 is 9.15 Å². The molecule has 1 aliphatic rings. The zero-order chi connectivity index (χ0) is 18.0. The van der Waals surface area contributed by atoms with Crippen LogP contribution in [0.1, 0.15) is 24.5 Å². The fourth-order valence-corrected chi connectivity index (χ4v) is 4.21. The Balaban J connectivity index is 1.71. The molecule has 3 rings (SSSR count). The average Bonchev–Trinajstić information content (AvgIpc) is 2.90. The zero-order valence-corrected chi connectivity index (χ0v) is 14.5. The minimum Gasteiger partial charge on any atom is -0.461 e. The Bertz CT molecular complexity index is 1000. The average molecular weight is 362 g/mol. The normalized spacial score (nSPS) is 18.5. The van der Waals surface area contributed by atoms with E-state index in [2.05, 4.69) is 0 Å². The number of esters is 1. The fraction of sp³-hybridized carbons (Fsp3) is 0.333. The highest BCUT2D eigenvalue weighted by Gasteiger charge is 2.24. The highest BCUT2D eigenvalue weighted by Crippen LogP contribution is 2.21. The minimum absolute atomic E-state index is 0.00487. The Morgan fingerprint density at radius 2 is 2.12 bits per heavy atom. The summed E-state index contributed by atoms with van der Waals surface area (Å²) in [7, 11) is -3.19. The van der Waals surface area contributed by atoms with Crippen molar-refractivity contribution in [3.63, 3.8) is 0 Å². The van der Waals surface area contributed by atoms with Crippen molar-refractivity contribution in [2.24, 2.45) is 5.92 Å². The molecular weight excluding hydrogens is 344 g/mol. The lowest BCUT2D eigenvalue weighted by Gasteiger charge is -2.09. The predicted molar refractivity (Wildman–Crippen MR) is 92.7 cm³/mol. The van der Waals surface area contributed by atoms with Crippen molar-refractivity contribution < 1.29 is 22.4 Å². The summed E-state index contributed by atoms with van der Waals surface area (Å²) in [5.41, 5.74) is 1.57. The second kappa shape index (κ2) is 6.84. The first kappa shape index (κ1) is 17.4. The Morgan fingerprint density at radius 1 is 1.32 bits per heavy atom. The van der Waals surface area contributed by atoms with Crippen molar-refractivity contribution in [2.45, 2.75) is 26.4 Å². The van der Waals surface area contributed by atoms with Crippen LogP contribution in [0.3, 0.4) is 0 Å². The third-order valence-corrected chi connectivity index (χ3v) is 5.59. The molecule has 0 saturated carbocycles. The van der Waals surface area contributed by atoms with E-state index in [0.29, 0.717) is 16.5 Å². The molecular formula is C18H18O6S. The maximum absolute atomic E-state index is 12.0. The van der Waals surface area contributed by atoms with Crippen LogP contribution in [-0.2, 0) is 32.4 Å². The molecule has 1 aromatic heterocycles. The first-order valence-electron chi connectivity index (χ1n) is 7.98. The maximum Gasteiger partial charge on any atom is 0.336 e. The van der Waals surface area contributed by atoms with E-state index in [1.54, 1.807) is 6.07 Å². The lowest BCUT2D eigenvalue weighted by atomic mass is 10.1. The molecule has 6 nitrogen and oxygen atoms in total. The first-order chi connectivity index (χ1) is 11.9. The summed E-state index contributed by atoms with van der Waals surface area (Å²) in [6, 6.07) is 6.88. The second-order valence-electron chi connectivity index (χ2n) is 6.06. The van der Waals surface area contributed by atoms with Crippen molar-refractivity contribution in [3.8, 4) is 0 Å². The monoisotopic (exact) mass is 362 g/mol. The van der Waals surface area contributed by atoms with Crippen molar-refractivity contribution in [1.82, 2.24) is 0 Å². The van der Waals surface area contributed by atoms with Gasteiger partial charge in [-0.1, -0.05) is 25.1 Å². The van der Waals surface area contributed by atoms with Crippen LogP contribution in [0.4, 0.5) is 0 Å². The molecule has 2 aromatic rings. The third-order valence-electron chi connectivity index (χ3n) is 4.12. The smallest absolute Gasteiger partial charge is 0.336 e. The van der Waals surface area contributed by atoms with Gasteiger partial charge in [0, 0.05) is 28.3 Å². The third kappa shape index (κ3) is 4.17. The molecule has 132 valence electrons. The largest absolute Gasteiger partial charge is 0.461 e. The molecule has 0 aliphatic carbocycles. The van der Waals surface area contributed by atoms with Crippen LogP contribution >= 0.6 is 0 Å². The summed E-state index contributed by atoms with van der Waals surface area (Å²) in [5, 5.41) is 1.85. The molecule has 1 aromatic carbocycles. The number of carbonyl (C=O) groups excluding carboxylic acids is 1. The SMILES string of the molecule is CCc1ccc2c(COC(=O)CC3C=CS(=O)(=O)C3)cc(=O)oc2c1. The van der Waals surface area contributed by atoms with Gasteiger partial charge in [-0.25, -0.2) is 13.2 Å². The van der Waals surface area contributed by atoms with Gasteiger partial charge in [0.1, 0.15) is 12.2 Å². The Hall–Kier alpha value is -2.41. The molecule has 0 amide bonds. The summed E-state index contributed by atoms with van der Waals surface area (Å²) >= 11 is 0. The molecule has 0 saturated heterocycles. The van der Waals surface area contributed by atoms with Crippen LogP contribution in [-0.4, -0.2) is 20.1 Å². The fourth-order valence-electron chi connectivity index (χ4n) is 2.81. The van der Waals surface area contributed by atoms with E-state index in [4.69, 9.17) is 9.15 Å². The van der Waals surface area contributed by atoms with Gasteiger partial charge in [0.25, 0.3) is 0 Å². The highest BCUT2D eigenvalue weighted by molar-refractivity contribution is 7.94. The molecule has 7 heteroatoms. The highest BCUT2D eigenvalue weighted by atomic mass is 32.2. The van der Waals surface area contributed by atoms with Crippen LogP contribution in [0.2, 0.25) is 0 Å². The molecule has 1 aliphatic heterocycles. The summed E-state index contributed by atoms with van der Waals surface area (Å²) in [5.74, 6) is -0.930. The molecule has 25 heavy (non-hydrogen) atoms. The van der Waals surface area contributed by atoms with E-state index in [-0.39, 0.29) is 24.7 Å². The van der Waals surface area contributed by atoms with Crippen LogP contribution in [0.5, 0.6) is 0 Å². The van der Waals surface area contributed by atoms with Crippen molar-refractivity contribution in [2.75, 3.05) is 5.75 Å². The van der Waals surface area contributed by atoms with Crippen LogP contribution < -0.4 is 5.63 Å². The molecule has 1 atom stereocenters. The number of fused-ring (bicyclic) bond motifs is 1. The number of hydrogen-bond donors (Lipinski definition) is 0. The second-order valence-corrected chi connectivity index (χ2v) is 7.99. The van der Waals surface area contributed by atoms with Crippen molar-refractivity contribution in [1.29, 1.82) is 0 Å². The van der Waals surface area contributed by atoms with Gasteiger partial charge in [-0.05, 0) is 18.1 Å². The molecule has 2 heterocycles. The van der Waals surface area contributed by atoms with Gasteiger partial charge in [0.05, 0.1) is 12.2 Å². The van der Waals surface area contributed by atoms with Gasteiger partial charge in [-0.2, -0.15) is 0 Å². The number of rotatable bonds is 5. The van der Waals surface area contributed by atoms with E-state index in [9.17, 15) is 18.0 Å². The molecule has 1 unspecified atom stereocenters. The lowest BCUT2D eigenvalue weighted by molar-refractivity contribution is -0.145. The van der Waals surface area contributed by atoms with Crippen LogP contribution in [0.15, 0.2) is 45.0 Å². The standard InChI is InChI=1S/C18H18O6S/c1-2-12-3-4-15-14(9-18(20)24-16(15)7-12)10-23-17(19)8-13-5-6-25(21,22)11-13/h3-7,9,13H,2,8,10-11H2,1H3. The van der Waals surface area contributed by atoms with Gasteiger partial charge in [-0.15, -0.1) is 0 Å². The van der Waals surface area contributed by atoms with E-state index < -0.39 is 21.4 Å². The zero-order valence-electron chi connectivity index (χ0n) is 13.7. The summed E-state index contributed by atoms with van der Waals surface area (Å²) in [6.45, 7) is 1.94. The van der Waals surface area contributed by atoms with E-state index in [1.165, 1.54) is 12.1 Å². The number of benzene rings is 1. The number of carbonyl (C=O) groups is 1. The van der Waals surface area contributed by atoms with Crippen molar-refractivity contribution in [3.05, 3.63) is 57.3 Å². The summed E-state index contributed by atoms with van der Waals surface area (Å²) in [4.78, 5) is 23.7. The number of hydrogen-bond acceptors (Lipinski definition) is 6. The van der Waals surface area contributed by atoms with E-state index in [0.717, 1.165) is 17.4 Å². The van der Waals surface area contributed by atoms with Crippen LogP contribution in [0, 0.1) is 5.92 Å². The molecule has 0 bridgehead atoms. The molecule has 0 fully saturated rings. The van der Waals surface area contributed by atoms with Gasteiger partial charge in [0.2, 0.25) is 0 Å².